The molecule has 15 aromatic heterocycles. The molecule has 149 heavy (non-hydrogen) atoms. The summed E-state index contributed by atoms with van der Waals surface area (Å²) >= 11 is 0. The van der Waals surface area contributed by atoms with E-state index in [9.17, 15) is 65.0 Å². The molecule has 42 heteroatoms. The Morgan fingerprint density at radius 1 is 0.329 bits per heavy atom. The number of benzene rings is 5. The van der Waals surface area contributed by atoms with E-state index in [0.717, 1.165) is 124 Å². The van der Waals surface area contributed by atoms with Gasteiger partial charge in [0.05, 0.1) is 92.1 Å². The molecule has 0 amide bonds. The Morgan fingerprint density at radius 3 is 0.906 bits per heavy atom. The Morgan fingerprint density at radius 2 is 0.604 bits per heavy atom. The van der Waals surface area contributed by atoms with Crippen molar-refractivity contribution in [2.24, 2.45) is 14.1 Å². The molecular weight excluding hydrogens is 1930 g/mol. The fraction of sp³-hybridized carbons (Fsp3) is 0.252. The van der Waals surface area contributed by atoms with E-state index >= 15 is 0 Å². The van der Waals surface area contributed by atoms with Crippen LogP contribution in [0, 0.1) is 29.1 Å². The summed E-state index contributed by atoms with van der Waals surface area (Å²) in [5, 5.41) is 97.5. The summed E-state index contributed by atoms with van der Waals surface area (Å²) < 4.78 is 146. The Hall–Kier alpha value is -17.2. The minimum absolute atomic E-state index is 0.0305. The monoisotopic (exact) mass is 2040 g/mol. The van der Waals surface area contributed by atoms with Gasteiger partial charge in [0.15, 0.2) is 28.2 Å². The fourth-order valence-electron chi connectivity index (χ4n) is 18.4. The fourth-order valence-corrected chi connectivity index (χ4v) is 18.4. The average Bonchev–Trinajstić information content (AvgIpc) is 1.65. The van der Waals surface area contributed by atoms with Gasteiger partial charge >= 0.3 is 13.2 Å². The van der Waals surface area contributed by atoms with Crippen LogP contribution in [0.1, 0.15) is 150 Å². The molecule has 33 nitrogen and oxygen atoms in total. The van der Waals surface area contributed by atoms with Gasteiger partial charge in [-0.25, -0.2) is 69.4 Å². The van der Waals surface area contributed by atoms with Crippen molar-refractivity contribution >= 4 is 57.3 Å². The normalized spacial score (nSPS) is 15.6. The van der Waals surface area contributed by atoms with Crippen LogP contribution in [0.5, 0.6) is 28.7 Å². The second-order valence-electron chi connectivity index (χ2n) is 36.4. The zero-order valence-electron chi connectivity index (χ0n) is 81.5. The minimum atomic E-state index is -3.02. The van der Waals surface area contributed by atoms with Crippen molar-refractivity contribution in [2.45, 2.75) is 154 Å². The Labute approximate surface area is 846 Å². The maximum Gasteiger partial charge on any atom is 0.387 e. The van der Waals surface area contributed by atoms with Crippen molar-refractivity contribution in [3.8, 4) is 84.4 Å². The van der Waals surface area contributed by atoms with Gasteiger partial charge in [-0.15, -0.1) is 0 Å². The van der Waals surface area contributed by atoms with E-state index in [2.05, 4.69) is 85.6 Å². The molecule has 0 aliphatic heterocycles. The third-order valence-corrected chi connectivity index (χ3v) is 26.0. The molecule has 2 aliphatic carbocycles. The number of hydrogen-bond donors (Lipinski definition) is 11. The van der Waals surface area contributed by atoms with Crippen molar-refractivity contribution in [1.29, 1.82) is 0 Å². The zero-order chi connectivity index (χ0) is 105. The van der Waals surface area contributed by atoms with Gasteiger partial charge in [-0.2, -0.15) is 43.1 Å². The quantitative estimate of drug-likeness (QED) is 0.0203. The highest BCUT2D eigenvalue weighted by atomic mass is 19.3. The molecule has 0 bridgehead atoms. The highest BCUT2D eigenvalue weighted by Crippen LogP contribution is 2.41. The van der Waals surface area contributed by atoms with Crippen LogP contribution in [0.25, 0.3) is 83.9 Å². The first kappa shape index (κ1) is 102. The van der Waals surface area contributed by atoms with E-state index in [0.29, 0.717) is 74.9 Å². The molecule has 2 saturated carbocycles. The number of aliphatic hydroxyl groups is 3. The predicted octanol–water partition coefficient (Wildman–Crippen LogP) is 21.5. The van der Waals surface area contributed by atoms with Crippen molar-refractivity contribution in [2.75, 3.05) is 33.2 Å². The summed E-state index contributed by atoms with van der Waals surface area (Å²) in [5.41, 5.74) is 14.4. The molecule has 770 valence electrons. The first-order valence-electron chi connectivity index (χ1n) is 48.1. The van der Waals surface area contributed by atoms with E-state index in [1.54, 1.807) is 110 Å². The molecule has 2 fully saturated rings. The SMILES string of the molecule is CC(Nc1ccn2ncc(-c3ccn(C)c3)c2n1)c1cc(F)ccc1O.CC(Nc1ccn2ncc(-c3ccn(C4CCCC4O)c3)c2n1)c1cc(F)ccc1O.CC(Nc1ccn2ncc(-c3ccn(C4CCCCC4O)c3)c2n1)c1cc(F)ccc1O.CC(Nc1ccn2ncc(-c3ccn(CCO)c3)c2n1)c1cc(F)ccc1OC(F)F.C[C@@H](Nc1ccn2ncc(-c3ccn(C)c3)c2n1)c1cc(F)ccc1OC(F)F. The lowest BCUT2D eigenvalue weighted by Crippen LogP contribution is -2.26. The Bertz CT molecular complexity index is 8070. The lowest BCUT2D eigenvalue weighted by atomic mass is 9.92. The summed E-state index contributed by atoms with van der Waals surface area (Å²) in [6, 6.07) is 35.3. The zero-order valence-corrected chi connectivity index (χ0v) is 81.5. The summed E-state index contributed by atoms with van der Waals surface area (Å²) in [5.74, 6) is 0.383. The van der Waals surface area contributed by atoms with Gasteiger partial charge < -0.3 is 89.5 Å². The average molecular weight is 2040 g/mol. The van der Waals surface area contributed by atoms with Gasteiger partial charge in [-0.05, 0) is 218 Å². The predicted molar refractivity (Wildman–Crippen MR) is 544 cm³/mol. The number of aromatic nitrogens is 20. The molecule has 22 rings (SSSR count). The van der Waals surface area contributed by atoms with Crippen LogP contribution in [0.3, 0.4) is 0 Å². The standard InChI is InChI=1S/C24H26FN5O2.C23H24FN5O2.C21H20F3N5O2.C20H18F3N5O.C19H18FN5O/c1-15(18-12-17(25)6-7-21(18)31)27-23-9-11-30-24(28-23)19(13-26-30)16-8-10-29(14-16)20-4-2-3-5-22(20)32;1-14(17-11-16(24)5-6-20(17)30)26-22-8-10-29-23(27-22)18(12-25-29)15-7-9-28(13-15)19-3-2-4-21(19)31;1-13(16-10-15(22)2-3-18(16)31-21(23)24)26-19-5-7-29-20(27-19)17(11-25-29)14-4-6-28(12-14)8-9-30;1-12(15-9-14(21)3-4-17(15)29-20(22)23)25-18-6-8-28-19(26-18)16(10-24-28)13-5-7-27(2)11-13;1-12(15-9-14(20)3-4-17(15)26)22-18-6-8-25-19(23-18)16(10-21-25)13-5-7-24(2)11-13/h6-15,20,22,31-32H,2-5H2,1H3,(H,27,28);5-14,19,21,30-31H,2-4H2,1H3,(H,26,27);2-7,10-13,21,30H,8-9H2,1H3,(H,26,27);3-12,20H,1-2H3,(H,25,26);3-12,26H,1-2H3,(H,22,23)/t;;;12-;/m...1./s1. The molecule has 0 spiro atoms. The molecular formula is C107H106F9N25O8. The second kappa shape index (κ2) is 44.8. The number of aliphatic hydroxyl groups excluding tert-OH is 3. The molecule has 15 heterocycles. The number of nitrogens with one attached hydrogen (secondary N) is 5. The van der Waals surface area contributed by atoms with Crippen LogP contribution < -0.4 is 36.1 Å². The molecule has 11 N–H and O–H groups in total. The van der Waals surface area contributed by atoms with Gasteiger partial charge in [-0.3, -0.25) is 0 Å². The van der Waals surface area contributed by atoms with E-state index in [1.807, 2.05) is 159 Å². The van der Waals surface area contributed by atoms with Gasteiger partial charge in [0, 0.05) is 197 Å². The number of nitrogens with zero attached hydrogens (tertiary/aromatic N) is 20. The molecule has 20 aromatic rings. The maximum atomic E-state index is 13.7. The Balaban J connectivity index is 0.000000122. The van der Waals surface area contributed by atoms with Crippen LogP contribution in [0.15, 0.2) is 276 Å². The lowest BCUT2D eigenvalue weighted by Gasteiger charge is -2.28. The summed E-state index contributed by atoms with van der Waals surface area (Å²) in [6.07, 6.45) is 43.6. The Kier molecular flexibility index (Phi) is 30.7. The number of phenols is 3. The van der Waals surface area contributed by atoms with Gasteiger partial charge in [0.25, 0.3) is 0 Å². The highest BCUT2D eigenvalue weighted by molar-refractivity contribution is 5.82. The number of anilines is 5. The van der Waals surface area contributed by atoms with E-state index in [4.69, 9.17) is 15.1 Å². The second-order valence-corrected chi connectivity index (χ2v) is 36.4. The number of alkyl halides is 4. The first-order valence-corrected chi connectivity index (χ1v) is 48.1. The van der Waals surface area contributed by atoms with Crippen molar-refractivity contribution in [3.05, 3.63) is 332 Å². The van der Waals surface area contributed by atoms with Crippen LogP contribution in [0.4, 0.5) is 68.6 Å². The summed E-state index contributed by atoms with van der Waals surface area (Å²) in [7, 11) is 3.89. The van der Waals surface area contributed by atoms with Gasteiger partial charge in [0.2, 0.25) is 0 Å². The van der Waals surface area contributed by atoms with Crippen LogP contribution in [-0.2, 0) is 20.6 Å². The smallest absolute Gasteiger partial charge is 0.387 e. The van der Waals surface area contributed by atoms with E-state index in [1.165, 1.54) is 72.8 Å². The number of fused-ring (bicyclic) bond motifs is 5. The molecule has 0 radical (unpaired) electrons. The third-order valence-electron chi connectivity index (χ3n) is 26.0. The number of aryl methyl sites for hydroxylation is 2. The third kappa shape index (κ3) is 23.7. The minimum Gasteiger partial charge on any atom is -0.508 e. The number of phenolic OH excluding ortho intramolecular Hbond substituents is 3. The largest absolute Gasteiger partial charge is 0.508 e. The van der Waals surface area contributed by atoms with Crippen LogP contribution in [-0.4, -0.2) is 159 Å². The van der Waals surface area contributed by atoms with Gasteiger partial charge in [-0.1, -0.05) is 12.8 Å². The molecule has 2 aliphatic rings. The molecule has 9 atom stereocenters. The number of halogens is 9. The molecule has 8 unspecified atom stereocenters. The van der Waals surface area contributed by atoms with Crippen molar-refractivity contribution < 1.29 is 79.6 Å². The maximum absolute atomic E-state index is 13.7. The summed E-state index contributed by atoms with van der Waals surface area (Å²) in [6.45, 7) is 3.43. The van der Waals surface area contributed by atoms with Crippen LogP contribution in [0.2, 0.25) is 0 Å². The van der Waals surface area contributed by atoms with E-state index in [-0.39, 0.29) is 88.9 Å². The molecule has 5 aromatic carbocycles. The summed E-state index contributed by atoms with van der Waals surface area (Å²) in [4.78, 5) is 23.3. The topological polar surface area (TPSA) is 376 Å². The van der Waals surface area contributed by atoms with Gasteiger partial charge in [0.1, 0.15) is 86.9 Å². The molecule has 0 saturated heterocycles. The van der Waals surface area contributed by atoms with E-state index < -0.39 is 54.4 Å². The number of aromatic hydroxyl groups is 3. The number of ether oxygens (including phenoxy) is 2. The van der Waals surface area contributed by atoms with Crippen molar-refractivity contribution in [3.63, 3.8) is 0 Å². The van der Waals surface area contributed by atoms with Crippen LogP contribution >= 0.6 is 0 Å². The lowest BCUT2D eigenvalue weighted by molar-refractivity contribution is -0.0512. The highest BCUT2D eigenvalue weighted by Gasteiger charge is 2.30. The number of rotatable bonds is 28. The number of hydrogen-bond acceptors (Lipinski definition) is 23. The first-order chi connectivity index (χ1) is 71.8. The van der Waals surface area contributed by atoms with Crippen molar-refractivity contribution in [1.82, 2.24) is 95.8 Å².